The number of nitrogens with zero attached hydrogens (tertiary/aromatic N) is 2. The van der Waals surface area contributed by atoms with E-state index in [4.69, 9.17) is 0 Å². The number of halogens is 1. The van der Waals surface area contributed by atoms with Crippen molar-refractivity contribution in [2.24, 2.45) is 0 Å². The molecular weight excluding hydrogens is 357 g/mol. The molecule has 2 aromatic rings. The van der Waals surface area contributed by atoms with Crippen LogP contribution in [0.2, 0.25) is 0 Å². The minimum absolute atomic E-state index is 0.0131. The fourth-order valence-corrected chi connectivity index (χ4v) is 4.79. The Bertz CT molecular complexity index is 900. The molecule has 2 heterocycles. The molecule has 1 atom stereocenters. The first kappa shape index (κ1) is 18.3. The highest BCUT2D eigenvalue weighted by molar-refractivity contribution is 7.91. The molecule has 138 valence electrons. The highest BCUT2D eigenvalue weighted by Gasteiger charge is 2.34. The van der Waals surface area contributed by atoms with Gasteiger partial charge in [0.15, 0.2) is 9.84 Å². The summed E-state index contributed by atoms with van der Waals surface area (Å²) in [7, 11) is -3.06. The number of rotatable bonds is 5. The van der Waals surface area contributed by atoms with E-state index in [-0.39, 0.29) is 29.3 Å². The summed E-state index contributed by atoms with van der Waals surface area (Å²) in [6.07, 6.45) is 1.91. The zero-order valence-electron chi connectivity index (χ0n) is 14.4. The first-order valence-corrected chi connectivity index (χ1v) is 10.2. The normalized spacial score (nSPS) is 18.5. The van der Waals surface area contributed by atoms with E-state index in [2.05, 4.69) is 10.3 Å². The number of benzene rings is 1. The molecule has 26 heavy (non-hydrogen) atoms. The second kappa shape index (κ2) is 7.41. The van der Waals surface area contributed by atoms with Crippen molar-refractivity contribution in [1.29, 1.82) is 0 Å². The van der Waals surface area contributed by atoms with Gasteiger partial charge >= 0.3 is 0 Å². The third-order valence-corrected chi connectivity index (χ3v) is 6.11. The number of sulfone groups is 1. The van der Waals surface area contributed by atoms with E-state index >= 15 is 0 Å². The molecule has 0 saturated carbocycles. The maximum absolute atomic E-state index is 13.2. The minimum atomic E-state index is -3.06. The van der Waals surface area contributed by atoms with E-state index in [1.807, 2.05) is 6.92 Å². The van der Waals surface area contributed by atoms with Crippen molar-refractivity contribution in [3.8, 4) is 0 Å². The number of hydrogen-bond donors (Lipinski definition) is 1. The summed E-state index contributed by atoms with van der Waals surface area (Å²) in [6.45, 7) is 2.26. The average molecular weight is 377 g/mol. The van der Waals surface area contributed by atoms with Crippen LogP contribution in [0.5, 0.6) is 0 Å². The lowest BCUT2D eigenvalue weighted by molar-refractivity contribution is 0.0708. The van der Waals surface area contributed by atoms with E-state index in [1.165, 1.54) is 18.3 Å². The molecular formula is C18H20FN3O3S. The third kappa shape index (κ3) is 4.19. The van der Waals surface area contributed by atoms with E-state index in [1.54, 1.807) is 29.2 Å². The molecule has 8 heteroatoms. The van der Waals surface area contributed by atoms with Gasteiger partial charge in [-0.3, -0.25) is 4.79 Å². The molecule has 6 nitrogen and oxygen atoms in total. The average Bonchev–Trinajstić information content (AvgIpc) is 2.96. The van der Waals surface area contributed by atoms with Crippen LogP contribution in [0.25, 0.3) is 0 Å². The Morgan fingerprint density at radius 1 is 1.35 bits per heavy atom. The van der Waals surface area contributed by atoms with Gasteiger partial charge in [-0.25, -0.2) is 17.8 Å². The van der Waals surface area contributed by atoms with Crippen molar-refractivity contribution < 1.29 is 17.6 Å². The maximum Gasteiger partial charge on any atom is 0.255 e. The molecule has 1 fully saturated rings. The Morgan fingerprint density at radius 3 is 2.73 bits per heavy atom. The molecule has 0 aliphatic carbocycles. The summed E-state index contributed by atoms with van der Waals surface area (Å²) in [5.74, 6) is 0.0278. The molecule has 1 amide bonds. The molecule has 0 radical (unpaired) electrons. The lowest BCUT2D eigenvalue weighted by atomic mass is 10.1. The van der Waals surface area contributed by atoms with Gasteiger partial charge in [0.2, 0.25) is 0 Å². The van der Waals surface area contributed by atoms with Crippen molar-refractivity contribution in [2.45, 2.75) is 19.4 Å². The number of aromatic nitrogens is 1. The molecule has 1 aromatic heterocycles. The Balaban J connectivity index is 1.71. The number of hydrogen-bond acceptors (Lipinski definition) is 5. The molecule has 0 bridgehead atoms. The number of amides is 1. The van der Waals surface area contributed by atoms with Crippen LogP contribution in [0.4, 0.5) is 15.9 Å². The lowest BCUT2D eigenvalue weighted by Crippen LogP contribution is -2.41. The second-order valence-electron chi connectivity index (χ2n) is 6.22. The van der Waals surface area contributed by atoms with Crippen molar-refractivity contribution in [2.75, 3.05) is 23.4 Å². The van der Waals surface area contributed by atoms with Gasteiger partial charge in [-0.1, -0.05) is 6.07 Å². The summed E-state index contributed by atoms with van der Waals surface area (Å²) < 4.78 is 36.6. The van der Waals surface area contributed by atoms with E-state index in [9.17, 15) is 17.6 Å². The first-order chi connectivity index (χ1) is 12.4. The van der Waals surface area contributed by atoms with Crippen LogP contribution in [-0.4, -0.2) is 48.3 Å². The molecule has 1 aliphatic heterocycles. The first-order valence-electron chi connectivity index (χ1n) is 8.38. The largest absolute Gasteiger partial charge is 0.340 e. The summed E-state index contributed by atoms with van der Waals surface area (Å²) in [4.78, 5) is 18.5. The van der Waals surface area contributed by atoms with Crippen LogP contribution in [-0.2, 0) is 9.84 Å². The summed E-state index contributed by atoms with van der Waals surface area (Å²) in [5, 5.41) is 2.96. The van der Waals surface area contributed by atoms with Crippen LogP contribution in [0.1, 0.15) is 23.7 Å². The smallest absolute Gasteiger partial charge is 0.255 e. The van der Waals surface area contributed by atoms with Crippen molar-refractivity contribution in [3.63, 3.8) is 0 Å². The van der Waals surface area contributed by atoms with Crippen LogP contribution < -0.4 is 5.32 Å². The monoisotopic (exact) mass is 377 g/mol. The molecule has 1 unspecified atom stereocenters. The van der Waals surface area contributed by atoms with Crippen molar-refractivity contribution in [3.05, 3.63) is 54.0 Å². The predicted octanol–water partition coefficient (Wildman–Crippen LogP) is 2.61. The fourth-order valence-electron chi connectivity index (χ4n) is 3.06. The maximum atomic E-state index is 13.2. The van der Waals surface area contributed by atoms with Crippen LogP contribution in [0.15, 0.2) is 42.6 Å². The number of carbonyl (C=O) groups is 1. The van der Waals surface area contributed by atoms with Crippen LogP contribution in [0.3, 0.4) is 0 Å². The number of anilines is 2. The third-order valence-electron chi connectivity index (χ3n) is 4.36. The molecule has 1 saturated heterocycles. The Labute approximate surface area is 152 Å². The lowest BCUT2D eigenvalue weighted by Gasteiger charge is -2.26. The van der Waals surface area contributed by atoms with E-state index in [0.717, 1.165) is 0 Å². The number of carbonyl (C=O) groups excluding carboxylic acids is 1. The Hall–Kier alpha value is -2.48. The standard InChI is InChI=1S/C18H20FN3O3S/c1-2-22(16-8-9-26(24,25)12-16)18(23)13-6-7-17(20-11-13)21-15-5-3-4-14(19)10-15/h3-7,10-11,16H,2,8-9,12H2,1H3,(H,20,21). The SMILES string of the molecule is CCN(C(=O)c1ccc(Nc2cccc(F)c2)nc1)C1CCS(=O)(=O)C1. The summed E-state index contributed by atoms with van der Waals surface area (Å²) in [5.41, 5.74) is 0.948. The second-order valence-corrected chi connectivity index (χ2v) is 8.44. The molecule has 1 aliphatic rings. The van der Waals surface area contributed by atoms with Gasteiger partial charge < -0.3 is 10.2 Å². The molecule has 1 aromatic carbocycles. The van der Waals surface area contributed by atoms with E-state index in [0.29, 0.717) is 30.0 Å². The van der Waals surface area contributed by atoms with Gasteiger partial charge in [-0.15, -0.1) is 0 Å². The zero-order valence-corrected chi connectivity index (χ0v) is 15.2. The Morgan fingerprint density at radius 2 is 2.15 bits per heavy atom. The van der Waals surface area contributed by atoms with Gasteiger partial charge in [0.1, 0.15) is 11.6 Å². The molecule has 3 rings (SSSR count). The van der Waals surface area contributed by atoms with Crippen molar-refractivity contribution in [1.82, 2.24) is 9.88 Å². The van der Waals surface area contributed by atoms with Crippen LogP contribution >= 0.6 is 0 Å². The summed E-state index contributed by atoms with van der Waals surface area (Å²) in [6, 6.07) is 8.97. The van der Waals surface area contributed by atoms with Crippen LogP contribution in [0, 0.1) is 5.82 Å². The van der Waals surface area contributed by atoms with E-state index < -0.39 is 9.84 Å². The van der Waals surface area contributed by atoms with Gasteiger partial charge in [-0.2, -0.15) is 0 Å². The van der Waals surface area contributed by atoms with Gasteiger partial charge in [0, 0.05) is 24.5 Å². The highest BCUT2D eigenvalue weighted by atomic mass is 32.2. The fraction of sp³-hybridized carbons (Fsp3) is 0.333. The zero-order chi connectivity index (χ0) is 18.7. The van der Waals surface area contributed by atoms with Gasteiger partial charge in [-0.05, 0) is 43.7 Å². The summed E-state index contributed by atoms with van der Waals surface area (Å²) >= 11 is 0. The quantitative estimate of drug-likeness (QED) is 0.866. The number of nitrogens with one attached hydrogen (secondary N) is 1. The highest BCUT2D eigenvalue weighted by Crippen LogP contribution is 2.21. The van der Waals surface area contributed by atoms with Gasteiger partial charge in [0.25, 0.3) is 5.91 Å². The minimum Gasteiger partial charge on any atom is -0.340 e. The molecule has 1 N–H and O–H groups in total. The van der Waals surface area contributed by atoms with Crippen molar-refractivity contribution >= 4 is 27.2 Å². The predicted molar refractivity (Wildman–Crippen MR) is 97.7 cm³/mol. The molecule has 0 spiro atoms. The van der Waals surface area contributed by atoms with Gasteiger partial charge in [0.05, 0.1) is 17.1 Å². The Kier molecular flexibility index (Phi) is 5.22. The topological polar surface area (TPSA) is 79.4 Å². The number of pyridine rings is 1.